The van der Waals surface area contributed by atoms with Gasteiger partial charge in [0.2, 0.25) is 0 Å². The molecule has 0 saturated carbocycles. The summed E-state index contributed by atoms with van der Waals surface area (Å²) in [7, 11) is 0. The molecule has 3 aromatic rings. The van der Waals surface area contributed by atoms with Crippen LogP contribution in [0.3, 0.4) is 0 Å². The maximum atomic E-state index is 12.3. The first kappa shape index (κ1) is 20.1. The van der Waals surface area contributed by atoms with Crippen LogP contribution in [-0.4, -0.2) is 10.8 Å². The molecule has 1 N–H and O–H groups in total. The molecule has 0 saturated heterocycles. The molecule has 0 aliphatic rings. The number of amides is 1. The summed E-state index contributed by atoms with van der Waals surface area (Å²) < 4.78 is 5.62. The summed E-state index contributed by atoms with van der Waals surface area (Å²) in [5.74, 6) is -0.0232. The number of nitrogens with zero attached hydrogens (tertiary/aromatic N) is 2. The first-order chi connectivity index (χ1) is 13.9. The van der Waals surface area contributed by atoms with Crippen molar-refractivity contribution < 1.29 is 14.1 Å². The summed E-state index contributed by atoms with van der Waals surface area (Å²) in [4.78, 5) is 22.6. The van der Waals surface area contributed by atoms with E-state index in [0.717, 1.165) is 0 Å². The van der Waals surface area contributed by atoms with Crippen molar-refractivity contribution in [1.29, 1.82) is 5.26 Å². The molecule has 29 heavy (non-hydrogen) atoms. The number of non-ortho nitro benzene ring substituents is 1. The molecule has 3 rings (SSSR count). The minimum Gasteiger partial charge on any atom is -0.457 e. The van der Waals surface area contributed by atoms with Crippen molar-refractivity contribution >= 4 is 46.6 Å². The fourth-order valence-corrected chi connectivity index (χ4v) is 2.81. The normalized spacial score (nSPS) is 11.0. The lowest BCUT2D eigenvalue weighted by atomic mass is 10.1. The Bertz CT molecular complexity index is 1160. The van der Waals surface area contributed by atoms with Gasteiger partial charge in [0, 0.05) is 34.5 Å². The van der Waals surface area contributed by atoms with Gasteiger partial charge in [-0.15, -0.1) is 0 Å². The quantitative estimate of drug-likeness (QED) is 0.242. The highest BCUT2D eigenvalue weighted by atomic mass is 35.5. The number of hydrogen-bond acceptors (Lipinski definition) is 5. The third kappa shape index (κ3) is 4.82. The van der Waals surface area contributed by atoms with Gasteiger partial charge in [-0.2, -0.15) is 5.26 Å². The summed E-state index contributed by atoms with van der Waals surface area (Å²) in [6, 6.07) is 15.4. The number of nitro groups is 1. The van der Waals surface area contributed by atoms with Crippen LogP contribution in [0.25, 0.3) is 17.4 Å². The molecule has 0 radical (unpaired) electrons. The molecule has 0 aliphatic carbocycles. The van der Waals surface area contributed by atoms with Crippen molar-refractivity contribution in [2.24, 2.45) is 0 Å². The van der Waals surface area contributed by atoms with Gasteiger partial charge in [-0.25, -0.2) is 0 Å². The Morgan fingerprint density at radius 2 is 1.86 bits per heavy atom. The van der Waals surface area contributed by atoms with Crippen LogP contribution < -0.4 is 5.32 Å². The van der Waals surface area contributed by atoms with E-state index >= 15 is 0 Å². The molecule has 1 aromatic heterocycles. The summed E-state index contributed by atoms with van der Waals surface area (Å²) >= 11 is 11.9. The van der Waals surface area contributed by atoms with E-state index in [-0.39, 0.29) is 22.0 Å². The van der Waals surface area contributed by atoms with Crippen molar-refractivity contribution in [2.45, 2.75) is 0 Å². The fraction of sp³-hybridized carbons (Fsp3) is 0. The second-order valence-corrected chi connectivity index (χ2v) is 6.60. The van der Waals surface area contributed by atoms with E-state index < -0.39 is 10.8 Å². The highest BCUT2D eigenvalue weighted by molar-refractivity contribution is 6.33. The number of hydrogen-bond donors (Lipinski definition) is 1. The Balaban J connectivity index is 1.82. The van der Waals surface area contributed by atoms with Crippen LogP contribution in [0.4, 0.5) is 11.4 Å². The van der Waals surface area contributed by atoms with Crippen molar-refractivity contribution in [3.05, 3.63) is 86.1 Å². The van der Waals surface area contributed by atoms with Crippen molar-refractivity contribution in [3.63, 3.8) is 0 Å². The number of anilines is 1. The van der Waals surface area contributed by atoms with Gasteiger partial charge in [0.25, 0.3) is 11.6 Å². The molecule has 1 heterocycles. The first-order valence-corrected chi connectivity index (χ1v) is 8.86. The Hall–Kier alpha value is -3.60. The van der Waals surface area contributed by atoms with E-state index in [0.29, 0.717) is 22.0 Å². The van der Waals surface area contributed by atoms with Crippen molar-refractivity contribution in [2.75, 3.05) is 5.32 Å². The number of nitrogens with one attached hydrogen (secondary N) is 1. The van der Waals surface area contributed by atoms with Gasteiger partial charge in [-0.1, -0.05) is 23.2 Å². The maximum Gasteiger partial charge on any atom is 0.270 e. The molecule has 0 bridgehead atoms. The number of nitriles is 1. The number of carbonyl (C=O) groups excluding carboxylic acids is 1. The molecule has 0 spiro atoms. The van der Waals surface area contributed by atoms with Crippen LogP contribution in [0, 0.1) is 21.4 Å². The van der Waals surface area contributed by atoms with Gasteiger partial charge in [0.15, 0.2) is 0 Å². The van der Waals surface area contributed by atoms with Gasteiger partial charge < -0.3 is 9.73 Å². The van der Waals surface area contributed by atoms with E-state index in [1.807, 2.05) is 6.07 Å². The van der Waals surface area contributed by atoms with E-state index in [1.54, 1.807) is 36.4 Å². The van der Waals surface area contributed by atoms with Gasteiger partial charge in [-0.3, -0.25) is 14.9 Å². The summed E-state index contributed by atoms with van der Waals surface area (Å²) in [5.41, 5.74) is 0.617. The number of furan rings is 1. The SMILES string of the molecule is N#C/C(=C/c1ccc(-c2ccc([N+](=O)[O-])cc2Cl)o1)C(=O)Nc1ccc(Cl)cc1. The van der Waals surface area contributed by atoms with Crippen molar-refractivity contribution in [3.8, 4) is 17.4 Å². The number of benzene rings is 2. The van der Waals surface area contributed by atoms with Crippen LogP contribution in [-0.2, 0) is 4.79 Å². The Labute approximate surface area is 174 Å². The third-order valence-corrected chi connectivity index (χ3v) is 4.37. The smallest absolute Gasteiger partial charge is 0.270 e. The molecular weight excluding hydrogens is 417 g/mol. The standard InChI is InChI=1S/C20H11Cl2N3O4/c21-13-1-3-14(4-2-13)24-20(26)12(11-23)9-16-6-8-19(29-16)17-7-5-15(25(27)28)10-18(17)22/h1-10H,(H,24,26)/b12-9-. The molecule has 2 aromatic carbocycles. The highest BCUT2D eigenvalue weighted by Gasteiger charge is 2.15. The van der Waals surface area contributed by atoms with E-state index in [9.17, 15) is 20.2 Å². The van der Waals surface area contributed by atoms with Crippen LogP contribution in [0.1, 0.15) is 5.76 Å². The molecule has 0 aliphatic heterocycles. The lowest BCUT2D eigenvalue weighted by Crippen LogP contribution is -2.13. The Kier molecular flexibility index (Phi) is 5.98. The lowest BCUT2D eigenvalue weighted by Gasteiger charge is -2.04. The predicted octanol–water partition coefficient (Wildman–Crippen LogP) is 5.71. The minimum atomic E-state index is -0.610. The predicted molar refractivity (Wildman–Crippen MR) is 109 cm³/mol. The van der Waals surface area contributed by atoms with E-state index in [1.165, 1.54) is 24.3 Å². The fourth-order valence-electron chi connectivity index (χ4n) is 2.42. The molecule has 144 valence electrons. The van der Waals surface area contributed by atoms with Crippen LogP contribution in [0.5, 0.6) is 0 Å². The highest BCUT2D eigenvalue weighted by Crippen LogP contribution is 2.32. The zero-order valence-electron chi connectivity index (χ0n) is 14.6. The van der Waals surface area contributed by atoms with Crippen molar-refractivity contribution in [1.82, 2.24) is 0 Å². The maximum absolute atomic E-state index is 12.3. The third-order valence-electron chi connectivity index (χ3n) is 3.81. The average Bonchev–Trinajstić information content (AvgIpc) is 3.16. The van der Waals surface area contributed by atoms with Crippen LogP contribution >= 0.6 is 23.2 Å². The zero-order valence-corrected chi connectivity index (χ0v) is 16.1. The summed E-state index contributed by atoms with van der Waals surface area (Å²) in [6.45, 7) is 0. The molecular formula is C20H11Cl2N3O4. The largest absolute Gasteiger partial charge is 0.457 e. The Morgan fingerprint density at radius 3 is 2.48 bits per heavy atom. The molecule has 0 unspecified atom stereocenters. The zero-order chi connectivity index (χ0) is 21.0. The second kappa shape index (κ2) is 8.61. The molecule has 7 nitrogen and oxygen atoms in total. The number of rotatable bonds is 5. The molecule has 0 fully saturated rings. The van der Waals surface area contributed by atoms with Crippen LogP contribution in [0.15, 0.2) is 64.6 Å². The summed E-state index contributed by atoms with van der Waals surface area (Å²) in [5, 5.41) is 23.4. The first-order valence-electron chi connectivity index (χ1n) is 8.10. The Morgan fingerprint density at radius 1 is 1.14 bits per heavy atom. The topological polar surface area (TPSA) is 109 Å². The molecule has 1 amide bonds. The van der Waals surface area contributed by atoms with E-state index in [4.69, 9.17) is 27.6 Å². The lowest BCUT2D eigenvalue weighted by molar-refractivity contribution is -0.384. The van der Waals surface area contributed by atoms with Crippen LogP contribution in [0.2, 0.25) is 10.0 Å². The second-order valence-electron chi connectivity index (χ2n) is 5.75. The number of halogens is 2. The summed E-state index contributed by atoms with van der Waals surface area (Å²) in [6.07, 6.45) is 1.29. The van der Waals surface area contributed by atoms with Gasteiger partial charge in [-0.05, 0) is 42.5 Å². The van der Waals surface area contributed by atoms with Gasteiger partial charge >= 0.3 is 0 Å². The average molecular weight is 428 g/mol. The van der Waals surface area contributed by atoms with E-state index in [2.05, 4.69) is 5.32 Å². The monoisotopic (exact) mass is 427 g/mol. The van der Waals surface area contributed by atoms with Gasteiger partial charge in [0.05, 0.1) is 9.95 Å². The number of nitro benzene ring substituents is 1. The number of carbonyl (C=O) groups is 1. The minimum absolute atomic E-state index is 0.143. The van der Waals surface area contributed by atoms with Gasteiger partial charge in [0.1, 0.15) is 23.2 Å². The molecule has 0 atom stereocenters. The molecule has 9 heteroatoms.